The summed E-state index contributed by atoms with van der Waals surface area (Å²) in [7, 11) is 0. The molecule has 6 nitrogen and oxygen atoms in total. The van der Waals surface area contributed by atoms with Crippen LogP contribution in [-0.4, -0.2) is 40.5 Å². The van der Waals surface area contributed by atoms with Gasteiger partial charge in [-0.05, 0) is 61.7 Å². The predicted octanol–water partition coefficient (Wildman–Crippen LogP) is 5.24. The van der Waals surface area contributed by atoms with E-state index in [-0.39, 0.29) is 5.41 Å². The Morgan fingerprint density at radius 1 is 1.00 bits per heavy atom. The Kier molecular flexibility index (Phi) is 4.96. The topological polar surface area (TPSA) is 60.5 Å². The molecule has 4 aromatic rings. The van der Waals surface area contributed by atoms with Crippen LogP contribution in [0.25, 0.3) is 16.9 Å². The van der Waals surface area contributed by atoms with Gasteiger partial charge in [-0.1, -0.05) is 23.7 Å². The number of aryl methyl sites for hydroxylation is 1. The normalized spacial score (nSPS) is 17.1. The van der Waals surface area contributed by atoms with Gasteiger partial charge in [-0.3, -0.25) is 0 Å². The monoisotopic (exact) mass is 468 g/mol. The summed E-state index contributed by atoms with van der Waals surface area (Å²) < 4.78 is 2.09. The molecule has 2 fully saturated rings. The first-order valence-electron chi connectivity index (χ1n) is 11.7. The quantitative estimate of drug-likeness (QED) is 0.410. The van der Waals surface area contributed by atoms with Gasteiger partial charge >= 0.3 is 0 Å². The highest BCUT2D eigenvalue weighted by molar-refractivity contribution is 6.33. The van der Waals surface area contributed by atoms with Gasteiger partial charge in [0.1, 0.15) is 11.5 Å². The van der Waals surface area contributed by atoms with Gasteiger partial charge in [0.05, 0.1) is 22.2 Å². The third kappa shape index (κ3) is 3.48. The lowest BCUT2D eigenvalue weighted by atomic mass is 10.00. The van der Waals surface area contributed by atoms with Crippen LogP contribution in [0.2, 0.25) is 5.02 Å². The minimum absolute atomic E-state index is 0.282. The number of hydrogen-bond acceptors (Lipinski definition) is 5. The molecule has 0 N–H and O–H groups in total. The first kappa shape index (κ1) is 21.0. The number of piperazine rings is 1. The number of hydrogen-bond donors (Lipinski definition) is 0. The summed E-state index contributed by atoms with van der Waals surface area (Å²) in [6, 6.07) is 18.8. The van der Waals surface area contributed by atoms with Crippen LogP contribution in [-0.2, 0) is 5.41 Å². The lowest BCUT2D eigenvalue weighted by Gasteiger charge is -2.37. The molecule has 1 aromatic carbocycles. The summed E-state index contributed by atoms with van der Waals surface area (Å²) in [4.78, 5) is 14.2. The van der Waals surface area contributed by atoms with Gasteiger partial charge in [-0.2, -0.15) is 5.26 Å². The number of pyridine rings is 2. The zero-order chi connectivity index (χ0) is 23.3. The smallest absolute Gasteiger partial charge is 0.137 e. The summed E-state index contributed by atoms with van der Waals surface area (Å²) in [5.41, 5.74) is 5.81. The molecule has 0 unspecified atom stereocenters. The maximum Gasteiger partial charge on any atom is 0.137 e. The van der Waals surface area contributed by atoms with E-state index >= 15 is 0 Å². The SMILES string of the molecule is Cc1c(-c2cc(N3CCN(c4ccc(C5(C#N)CC5)cn4)CC3)ccc2Cl)nc2ccccn12. The van der Waals surface area contributed by atoms with Crippen molar-refractivity contribution in [2.24, 2.45) is 0 Å². The van der Waals surface area contributed by atoms with Crippen molar-refractivity contribution in [3.63, 3.8) is 0 Å². The van der Waals surface area contributed by atoms with E-state index < -0.39 is 0 Å². The predicted molar refractivity (Wildman–Crippen MR) is 136 cm³/mol. The number of anilines is 2. The molecule has 0 amide bonds. The molecule has 0 radical (unpaired) electrons. The van der Waals surface area contributed by atoms with Gasteiger partial charge in [0.2, 0.25) is 0 Å². The lowest BCUT2D eigenvalue weighted by molar-refractivity contribution is 0.647. The van der Waals surface area contributed by atoms with Gasteiger partial charge in [-0.15, -0.1) is 0 Å². The highest BCUT2D eigenvalue weighted by Crippen LogP contribution is 2.47. The van der Waals surface area contributed by atoms with E-state index in [1.807, 2.05) is 36.7 Å². The third-order valence-corrected chi connectivity index (χ3v) is 7.54. The molecular formula is C27H25ClN6. The average molecular weight is 469 g/mol. The largest absolute Gasteiger partial charge is 0.368 e. The molecule has 1 saturated carbocycles. The zero-order valence-corrected chi connectivity index (χ0v) is 19.8. The number of nitrogens with zero attached hydrogens (tertiary/aromatic N) is 6. The Labute approximate surface area is 204 Å². The fourth-order valence-corrected chi connectivity index (χ4v) is 5.11. The van der Waals surface area contributed by atoms with E-state index in [4.69, 9.17) is 16.6 Å². The molecule has 2 aliphatic rings. The minimum Gasteiger partial charge on any atom is -0.368 e. The Bertz CT molecular complexity index is 1410. The Morgan fingerprint density at radius 2 is 1.79 bits per heavy atom. The first-order valence-corrected chi connectivity index (χ1v) is 12.1. The summed E-state index contributed by atoms with van der Waals surface area (Å²) in [5.74, 6) is 0.981. The van der Waals surface area contributed by atoms with Gasteiger partial charge in [0, 0.05) is 55.5 Å². The molecule has 0 spiro atoms. The van der Waals surface area contributed by atoms with E-state index in [1.54, 1.807) is 0 Å². The standard InChI is InChI=1S/C27H25ClN6/c1-19-26(31-25-4-2-3-11-34(19)25)22-16-21(6-7-23(22)28)32-12-14-33(15-13-32)24-8-5-20(17-30-24)27(18-29)9-10-27/h2-8,11,16-17H,9-10,12-15H2,1H3. The zero-order valence-electron chi connectivity index (χ0n) is 19.1. The average Bonchev–Trinajstić information content (AvgIpc) is 3.63. The highest BCUT2D eigenvalue weighted by Gasteiger charge is 2.45. The van der Waals surface area contributed by atoms with Crippen molar-refractivity contribution in [2.45, 2.75) is 25.2 Å². The molecule has 170 valence electrons. The maximum absolute atomic E-state index is 9.42. The van der Waals surface area contributed by atoms with E-state index in [2.05, 4.69) is 56.4 Å². The summed E-state index contributed by atoms with van der Waals surface area (Å²) in [5, 5.41) is 10.1. The van der Waals surface area contributed by atoms with Crippen LogP contribution in [0.15, 0.2) is 60.9 Å². The number of benzene rings is 1. The number of nitriles is 1. The number of fused-ring (bicyclic) bond motifs is 1. The van der Waals surface area contributed by atoms with Crippen LogP contribution in [0, 0.1) is 18.3 Å². The van der Waals surface area contributed by atoms with Crippen molar-refractivity contribution in [1.29, 1.82) is 5.26 Å². The molecule has 4 heterocycles. The molecule has 0 bridgehead atoms. The van der Waals surface area contributed by atoms with E-state index in [0.29, 0.717) is 5.02 Å². The van der Waals surface area contributed by atoms with Crippen LogP contribution in [0.5, 0.6) is 0 Å². The summed E-state index contributed by atoms with van der Waals surface area (Å²) in [6.07, 6.45) is 5.81. The Hall–Kier alpha value is -3.56. The van der Waals surface area contributed by atoms with Gasteiger partial charge < -0.3 is 14.2 Å². The van der Waals surface area contributed by atoms with Crippen LogP contribution < -0.4 is 9.80 Å². The second-order valence-electron chi connectivity index (χ2n) is 9.21. The molecule has 34 heavy (non-hydrogen) atoms. The fraction of sp³-hybridized carbons (Fsp3) is 0.296. The molecular weight excluding hydrogens is 444 g/mol. The molecule has 0 atom stereocenters. The molecule has 1 saturated heterocycles. The van der Waals surface area contributed by atoms with Gasteiger partial charge in [-0.25, -0.2) is 9.97 Å². The summed E-state index contributed by atoms with van der Waals surface area (Å²) >= 11 is 6.63. The Morgan fingerprint density at radius 3 is 2.47 bits per heavy atom. The maximum atomic E-state index is 9.42. The number of halogens is 1. The van der Waals surface area contributed by atoms with Crippen molar-refractivity contribution in [2.75, 3.05) is 36.0 Å². The van der Waals surface area contributed by atoms with Crippen LogP contribution in [0.3, 0.4) is 0 Å². The highest BCUT2D eigenvalue weighted by atomic mass is 35.5. The molecule has 7 heteroatoms. The Balaban J connectivity index is 1.20. The van der Waals surface area contributed by atoms with E-state index in [9.17, 15) is 5.26 Å². The molecule has 6 rings (SSSR count). The van der Waals surface area contributed by atoms with Crippen molar-refractivity contribution < 1.29 is 0 Å². The molecule has 3 aromatic heterocycles. The second-order valence-corrected chi connectivity index (χ2v) is 9.62. The lowest BCUT2D eigenvalue weighted by Crippen LogP contribution is -2.46. The van der Waals surface area contributed by atoms with Gasteiger partial charge in [0.25, 0.3) is 0 Å². The number of imidazole rings is 1. The number of rotatable bonds is 4. The molecule has 1 aliphatic carbocycles. The van der Waals surface area contributed by atoms with Crippen molar-refractivity contribution in [3.05, 3.63) is 77.2 Å². The van der Waals surface area contributed by atoms with Crippen molar-refractivity contribution in [1.82, 2.24) is 14.4 Å². The molecule has 1 aliphatic heterocycles. The second kappa shape index (κ2) is 8.03. The number of aromatic nitrogens is 3. The van der Waals surface area contributed by atoms with Crippen LogP contribution >= 0.6 is 11.6 Å². The van der Waals surface area contributed by atoms with Crippen molar-refractivity contribution >= 4 is 28.8 Å². The van der Waals surface area contributed by atoms with Gasteiger partial charge in [0.15, 0.2) is 0 Å². The van der Waals surface area contributed by atoms with Crippen LogP contribution in [0.1, 0.15) is 24.1 Å². The fourth-order valence-electron chi connectivity index (χ4n) is 4.90. The minimum atomic E-state index is -0.282. The van der Waals surface area contributed by atoms with E-state index in [1.165, 1.54) is 0 Å². The van der Waals surface area contributed by atoms with Crippen molar-refractivity contribution in [3.8, 4) is 17.3 Å². The first-order chi connectivity index (χ1) is 16.6. The van der Waals surface area contributed by atoms with Crippen LogP contribution in [0.4, 0.5) is 11.5 Å². The third-order valence-electron chi connectivity index (χ3n) is 7.21. The van der Waals surface area contributed by atoms with E-state index in [0.717, 1.165) is 78.7 Å². The summed E-state index contributed by atoms with van der Waals surface area (Å²) in [6.45, 7) is 5.66.